The van der Waals surface area contributed by atoms with E-state index in [9.17, 15) is 9.59 Å². The van der Waals surface area contributed by atoms with Crippen molar-refractivity contribution in [2.24, 2.45) is 0 Å². The average molecular weight is 275 g/mol. The molecule has 2 rings (SSSR count). The van der Waals surface area contributed by atoms with Crippen molar-refractivity contribution in [3.63, 3.8) is 0 Å². The van der Waals surface area contributed by atoms with Crippen LogP contribution in [0.3, 0.4) is 0 Å². The highest BCUT2D eigenvalue weighted by Gasteiger charge is 2.19. The molecule has 0 spiro atoms. The number of nitrogens with one attached hydrogen (secondary N) is 2. The van der Waals surface area contributed by atoms with Crippen LogP contribution in [-0.2, 0) is 9.59 Å². The number of benzene rings is 1. The number of nitrogens with zero attached hydrogens (tertiary/aromatic N) is 1. The molecular weight excluding hydrogens is 254 g/mol. The first kappa shape index (κ1) is 14.5. The van der Waals surface area contributed by atoms with E-state index in [0.717, 1.165) is 31.6 Å². The second-order valence-electron chi connectivity index (χ2n) is 5.05. The van der Waals surface area contributed by atoms with Crippen molar-refractivity contribution in [3.8, 4) is 0 Å². The van der Waals surface area contributed by atoms with Gasteiger partial charge in [-0.05, 0) is 31.9 Å². The van der Waals surface area contributed by atoms with Gasteiger partial charge in [-0.25, -0.2) is 0 Å². The Labute approximate surface area is 119 Å². The van der Waals surface area contributed by atoms with Crippen molar-refractivity contribution in [2.45, 2.75) is 25.8 Å². The number of hydrogen-bond donors (Lipinski definition) is 2. The van der Waals surface area contributed by atoms with E-state index in [4.69, 9.17) is 0 Å². The molecule has 1 heterocycles. The van der Waals surface area contributed by atoms with Gasteiger partial charge >= 0.3 is 0 Å². The van der Waals surface area contributed by atoms with Gasteiger partial charge in [-0.3, -0.25) is 14.9 Å². The summed E-state index contributed by atoms with van der Waals surface area (Å²) in [5.74, 6) is -0.0627. The van der Waals surface area contributed by atoms with Gasteiger partial charge in [-0.2, -0.15) is 0 Å². The van der Waals surface area contributed by atoms with E-state index in [1.54, 1.807) is 6.92 Å². The summed E-state index contributed by atoms with van der Waals surface area (Å²) >= 11 is 0. The summed E-state index contributed by atoms with van der Waals surface area (Å²) < 4.78 is 0. The molecule has 1 unspecified atom stereocenters. The van der Waals surface area contributed by atoms with Gasteiger partial charge < -0.3 is 10.2 Å². The molecule has 0 saturated carbocycles. The van der Waals surface area contributed by atoms with Gasteiger partial charge in [0.05, 0.1) is 12.6 Å². The maximum Gasteiger partial charge on any atom is 0.241 e. The Morgan fingerprint density at radius 2 is 1.85 bits per heavy atom. The predicted molar refractivity (Wildman–Crippen MR) is 78.4 cm³/mol. The quantitative estimate of drug-likeness (QED) is 0.849. The summed E-state index contributed by atoms with van der Waals surface area (Å²) in [4.78, 5) is 25.7. The molecule has 5 heteroatoms. The fraction of sp³-hybridized carbons (Fsp3) is 0.467. The number of carbonyl (C=O) groups excluding carboxylic acids is 2. The number of rotatable bonds is 5. The smallest absolute Gasteiger partial charge is 0.241 e. The molecule has 2 N–H and O–H groups in total. The minimum Gasteiger partial charge on any atom is -0.342 e. The van der Waals surface area contributed by atoms with Crippen molar-refractivity contribution >= 4 is 17.5 Å². The van der Waals surface area contributed by atoms with E-state index >= 15 is 0 Å². The summed E-state index contributed by atoms with van der Waals surface area (Å²) in [5, 5.41) is 5.78. The third-order valence-corrected chi connectivity index (χ3v) is 3.45. The minimum absolute atomic E-state index is 0.0712. The molecule has 0 bridgehead atoms. The van der Waals surface area contributed by atoms with Crippen molar-refractivity contribution in [1.82, 2.24) is 10.2 Å². The lowest BCUT2D eigenvalue weighted by Crippen LogP contribution is -2.44. The summed E-state index contributed by atoms with van der Waals surface area (Å²) in [6.45, 7) is 3.65. The molecule has 5 nitrogen and oxygen atoms in total. The van der Waals surface area contributed by atoms with E-state index in [-0.39, 0.29) is 18.4 Å². The summed E-state index contributed by atoms with van der Waals surface area (Å²) in [7, 11) is 0. The lowest BCUT2D eigenvalue weighted by molar-refractivity contribution is -0.129. The molecule has 1 aromatic rings. The number of hydrogen-bond acceptors (Lipinski definition) is 3. The van der Waals surface area contributed by atoms with Gasteiger partial charge in [0.15, 0.2) is 0 Å². The molecule has 1 saturated heterocycles. The summed E-state index contributed by atoms with van der Waals surface area (Å²) in [6, 6.07) is 8.89. The molecule has 108 valence electrons. The lowest BCUT2D eigenvalue weighted by Gasteiger charge is -2.18. The predicted octanol–water partition coefficient (Wildman–Crippen LogP) is 1.23. The lowest BCUT2D eigenvalue weighted by atomic mass is 10.2. The van der Waals surface area contributed by atoms with E-state index in [0.29, 0.717) is 0 Å². The van der Waals surface area contributed by atoms with Gasteiger partial charge in [0.1, 0.15) is 0 Å². The Bertz CT molecular complexity index is 455. The van der Waals surface area contributed by atoms with Crippen molar-refractivity contribution in [3.05, 3.63) is 30.3 Å². The zero-order valence-electron chi connectivity index (χ0n) is 11.8. The highest BCUT2D eigenvalue weighted by molar-refractivity contribution is 5.94. The summed E-state index contributed by atoms with van der Waals surface area (Å²) in [6.07, 6.45) is 2.16. The number of likely N-dealkylation sites (tertiary alicyclic amines) is 1. The first-order valence-corrected chi connectivity index (χ1v) is 7.04. The maximum absolute atomic E-state index is 11.9. The molecule has 20 heavy (non-hydrogen) atoms. The van der Waals surface area contributed by atoms with Gasteiger partial charge in [0.25, 0.3) is 0 Å². The van der Waals surface area contributed by atoms with Gasteiger partial charge in [0, 0.05) is 18.8 Å². The zero-order valence-corrected chi connectivity index (χ0v) is 11.8. The average Bonchev–Trinajstić information content (AvgIpc) is 2.99. The van der Waals surface area contributed by atoms with Crippen LogP contribution >= 0.6 is 0 Å². The van der Waals surface area contributed by atoms with E-state index in [2.05, 4.69) is 10.6 Å². The molecule has 0 radical (unpaired) electrons. The van der Waals surface area contributed by atoms with Crippen molar-refractivity contribution in [1.29, 1.82) is 0 Å². The Morgan fingerprint density at radius 1 is 1.20 bits per heavy atom. The largest absolute Gasteiger partial charge is 0.342 e. The molecular formula is C15H21N3O2. The minimum atomic E-state index is -0.401. The molecule has 1 aliphatic heterocycles. The first-order chi connectivity index (χ1) is 9.66. The second kappa shape index (κ2) is 7.05. The van der Waals surface area contributed by atoms with Crippen LogP contribution in [0.5, 0.6) is 0 Å². The fourth-order valence-electron chi connectivity index (χ4n) is 2.18. The Morgan fingerprint density at radius 3 is 2.50 bits per heavy atom. The monoisotopic (exact) mass is 275 g/mol. The zero-order chi connectivity index (χ0) is 14.4. The van der Waals surface area contributed by atoms with Crippen LogP contribution in [-0.4, -0.2) is 42.4 Å². The van der Waals surface area contributed by atoms with Crippen molar-refractivity contribution < 1.29 is 9.59 Å². The fourth-order valence-corrected chi connectivity index (χ4v) is 2.18. The maximum atomic E-state index is 11.9. The highest BCUT2D eigenvalue weighted by Crippen LogP contribution is 2.07. The normalized spacial score (nSPS) is 15.9. The molecule has 0 aromatic heterocycles. The topological polar surface area (TPSA) is 61.4 Å². The number of para-hydroxylation sites is 1. The van der Waals surface area contributed by atoms with Crippen LogP contribution in [0.4, 0.5) is 5.69 Å². The standard InChI is InChI=1S/C15H21N3O2/c1-12(15(20)17-13-7-3-2-4-8-13)16-11-14(19)18-9-5-6-10-18/h2-4,7-8,12,16H,5-6,9-11H2,1H3,(H,17,20). The Hall–Kier alpha value is -1.88. The number of anilines is 1. The summed E-state index contributed by atoms with van der Waals surface area (Å²) in [5.41, 5.74) is 0.761. The highest BCUT2D eigenvalue weighted by atomic mass is 16.2. The van der Waals surface area contributed by atoms with Gasteiger partial charge in [0.2, 0.25) is 11.8 Å². The number of amides is 2. The molecule has 1 aromatic carbocycles. The van der Waals surface area contributed by atoms with Gasteiger partial charge in [-0.1, -0.05) is 18.2 Å². The Balaban J connectivity index is 1.75. The van der Waals surface area contributed by atoms with Crippen LogP contribution in [0.25, 0.3) is 0 Å². The first-order valence-electron chi connectivity index (χ1n) is 7.04. The third-order valence-electron chi connectivity index (χ3n) is 3.45. The molecule has 1 atom stereocenters. The molecule has 1 aliphatic rings. The number of carbonyl (C=O) groups is 2. The van der Waals surface area contributed by atoms with E-state index in [1.165, 1.54) is 0 Å². The van der Waals surface area contributed by atoms with Crippen LogP contribution in [0.2, 0.25) is 0 Å². The second-order valence-corrected chi connectivity index (χ2v) is 5.05. The molecule has 2 amide bonds. The SMILES string of the molecule is CC(NCC(=O)N1CCCC1)C(=O)Nc1ccccc1. The molecule has 0 aliphatic carbocycles. The third kappa shape index (κ3) is 4.06. The molecule has 1 fully saturated rings. The Kier molecular flexibility index (Phi) is 5.12. The van der Waals surface area contributed by atoms with E-state index in [1.807, 2.05) is 35.2 Å². The van der Waals surface area contributed by atoms with Crippen LogP contribution in [0.1, 0.15) is 19.8 Å². The van der Waals surface area contributed by atoms with Crippen LogP contribution in [0.15, 0.2) is 30.3 Å². The van der Waals surface area contributed by atoms with E-state index < -0.39 is 6.04 Å². The van der Waals surface area contributed by atoms with Crippen molar-refractivity contribution in [2.75, 3.05) is 25.0 Å². The van der Waals surface area contributed by atoms with Crippen LogP contribution < -0.4 is 10.6 Å². The van der Waals surface area contributed by atoms with Gasteiger partial charge in [-0.15, -0.1) is 0 Å². The van der Waals surface area contributed by atoms with Crippen LogP contribution in [0, 0.1) is 0 Å².